The van der Waals surface area contributed by atoms with Crippen molar-refractivity contribution < 1.29 is 8.78 Å². The van der Waals surface area contributed by atoms with Gasteiger partial charge in [0.25, 0.3) is 6.43 Å². The average molecular weight is 197 g/mol. The number of nitrogens with two attached hydrogens (primary N) is 1. The van der Waals surface area contributed by atoms with Gasteiger partial charge in [-0.15, -0.1) is 0 Å². The van der Waals surface area contributed by atoms with E-state index in [4.69, 9.17) is 5.73 Å². The van der Waals surface area contributed by atoms with E-state index in [9.17, 15) is 8.78 Å². The third-order valence-corrected chi connectivity index (χ3v) is 2.70. The molecule has 1 fully saturated rings. The second kappa shape index (κ2) is 3.65. The normalized spacial score (nSPS) is 18.6. The number of rotatable bonds is 3. The summed E-state index contributed by atoms with van der Waals surface area (Å²) in [7, 11) is 0. The topological polar surface area (TPSA) is 26.0 Å². The fourth-order valence-electron chi connectivity index (χ4n) is 1.59. The summed E-state index contributed by atoms with van der Waals surface area (Å²) in [6.45, 7) is 0. The quantitative estimate of drug-likeness (QED) is 0.791. The molecule has 0 spiro atoms. The van der Waals surface area contributed by atoms with Gasteiger partial charge in [-0.25, -0.2) is 8.78 Å². The van der Waals surface area contributed by atoms with Gasteiger partial charge in [-0.05, 0) is 24.3 Å². The van der Waals surface area contributed by atoms with Crippen molar-refractivity contribution >= 4 is 0 Å². The molecule has 1 nitrogen and oxygen atoms in total. The van der Waals surface area contributed by atoms with E-state index in [1.54, 1.807) is 12.1 Å². The molecule has 1 aliphatic rings. The van der Waals surface area contributed by atoms with E-state index in [-0.39, 0.29) is 11.6 Å². The van der Waals surface area contributed by atoms with Gasteiger partial charge in [0.2, 0.25) is 0 Å². The lowest BCUT2D eigenvalue weighted by atomic mass is 10.0. The molecule has 2 rings (SSSR count). The molecule has 0 aromatic heterocycles. The summed E-state index contributed by atoms with van der Waals surface area (Å²) in [6.07, 6.45) is -0.0589. The van der Waals surface area contributed by atoms with Crippen LogP contribution in [0.3, 0.4) is 0 Å². The molecule has 1 saturated carbocycles. The Kier molecular flexibility index (Phi) is 2.50. The first kappa shape index (κ1) is 9.59. The fourth-order valence-corrected chi connectivity index (χ4v) is 1.59. The molecule has 0 saturated heterocycles. The molecule has 0 aliphatic heterocycles. The molecular formula is C11H13F2N. The van der Waals surface area contributed by atoms with E-state index in [1.807, 2.05) is 0 Å². The molecule has 76 valence electrons. The Morgan fingerprint density at radius 3 is 2.00 bits per heavy atom. The zero-order chi connectivity index (χ0) is 10.1. The summed E-state index contributed by atoms with van der Waals surface area (Å²) in [6, 6.07) is 6.38. The van der Waals surface area contributed by atoms with Crippen LogP contribution in [0.15, 0.2) is 24.3 Å². The molecule has 3 heteroatoms. The molecule has 0 amide bonds. The molecule has 2 N–H and O–H groups in total. The second-order valence-corrected chi connectivity index (χ2v) is 3.83. The minimum absolute atomic E-state index is 0.0294. The van der Waals surface area contributed by atoms with E-state index >= 15 is 0 Å². The van der Waals surface area contributed by atoms with Crippen molar-refractivity contribution in [3.05, 3.63) is 35.4 Å². The van der Waals surface area contributed by atoms with Gasteiger partial charge in [-0.1, -0.05) is 24.3 Å². The maximum absolute atomic E-state index is 12.2. The van der Waals surface area contributed by atoms with Gasteiger partial charge in [-0.3, -0.25) is 0 Å². The van der Waals surface area contributed by atoms with Crippen LogP contribution in [0.5, 0.6) is 0 Å². The van der Waals surface area contributed by atoms with E-state index in [2.05, 4.69) is 0 Å². The maximum atomic E-state index is 12.2. The van der Waals surface area contributed by atoms with Crippen LogP contribution in [0.2, 0.25) is 0 Å². The smallest absolute Gasteiger partial charge is 0.263 e. The lowest BCUT2D eigenvalue weighted by Gasteiger charge is -2.10. The van der Waals surface area contributed by atoms with E-state index in [0.717, 1.165) is 18.4 Å². The maximum Gasteiger partial charge on any atom is 0.263 e. The Morgan fingerprint density at radius 1 is 1.07 bits per heavy atom. The van der Waals surface area contributed by atoms with Crippen LogP contribution in [0.25, 0.3) is 0 Å². The first-order valence-corrected chi connectivity index (χ1v) is 4.82. The minimum atomic E-state index is -2.39. The molecule has 0 unspecified atom stereocenters. The van der Waals surface area contributed by atoms with E-state index in [0.29, 0.717) is 5.92 Å². The highest BCUT2D eigenvalue weighted by atomic mass is 19.3. The molecule has 1 aromatic carbocycles. The SMILES string of the molecule is N[C@H](c1ccc(C(F)F)cc1)C1CC1. The summed E-state index contributed by atoms with van der Waals surface area (Å²) < 4.78 is 24.5. The molecule has 1 aliphatic carbocycles. The van der Waals surface area contributed by atoms with E-state index in [1.165, 1.54) is 12.1 Å². The van der Waals surface area contributed by atoms with E-state index < -0.39 is 6.43 Å². The van der Waals surface area contributed by atoms with Crippen molar-refractivity contribution in [2.45, 2.75) is 25.3 Å². The predicted molar refractivity (Wildman–Crippen MR) is 51.1 cm³/mol. The summed E-state index contributed by atoms with van der Waals surface area (Å²) in [5.74, 6) is 0.562. The van der Waals surface area contributed by atoms with Crippen LogP contribution >= 0.6 is 0 Å². The largest absolute Gasteiger partial charge is 0.324 e. The number of alkyl halides is 2. The molecule has 0 radical (unpaired) electrons. The summed E-state index contributed by atoms with van der Waals surface area (Å²) >= 11 is 0. The Bertz CT molecular complexity index is 304. The third kappa shape index (κ3) is 1.93. The Morgan fingerprint density at radius 2 is 1.57 bits per heavy atom. The minimum Gasteiger partial charge on any atom is -0.324 e. The van der Waals surface area contributed by atoms with Crippen LogP contribution in [-0.2, 0) is 0 Å². The number of hydrogen-bond acceptors (Lipinski definition) is 1. The van der Waals surface area contributed by atoms with Crippen LogP contribution in [0.4, 0.5) is 8.78 Å². The van der Waals surface area contributed by atoms with Crippen molar-refractivity contribution in [2.24, 2.45) is 11.7 Å². The van der Waals surface area contributed by atoms with Gasteiger partial charge in [0.05, 0.1) is 0 Å². The number of hydrogen-bond donors (Lipinski definition) is 1. The predicted octanol–water partition coefficient (Wildman–Crippen LogP) is 3.03. The van der Waals surface area contributed by atoms with Gasteiger partial charge in [0, 0.05) is 11.6 Å². The van der Waals surface area contributed by atoms with Crippen molar-refractivity contribution in [3.8, 4) is 0 Å². The van der Waals surface area contributed by atoms with Gasteiger partial charge >= 0.3 is 0 Å². The van der Waals surface area contributed by atoms with Crippen molar-refractivity contribution in [2.75, 3.05) is 0 Å². The van der Waals surface area contributed by atoms with Crippen LogP contribution in [-0.4, -0.2) is 0 Å². The summed E-state index contributed by atoms with van der Waals surface area (Å²) in [5.41, 5.74) is 6.97. The highest BCUT2D eigenvalue weighted by Gasteiger charge is 2.29. The lowest BCUT2D eigenvalue weighted by molar-refractivity contribution is 0.151. The van der Waals surface area contributed by atoms with Crippen molar-refractivity contribution in [1.29, 1.82) is 0 Å². The zero-order valence-electron chi connectivity index (χ0n) is 7.79. The molecular weight excluding hydrogens is 184 g/mol. The highest BCUT2D eigenvalue weighted by Crippen LogP contribution is 2.39. The first-order valence-electron chi connectivity index (χ1n) is 4.82. The molecule has 14 heavy (non-hydrogen) atoms. The number of halogens is 2. The number of benzene rings is 1. The van der Waals surface area contributed by atoms with Gasteiger partial charge in [0.1, 0.15) is 0 Å². The van der Waals surface area contributed by atoms with Crippen molar-refractivity contribution in [3.63, 3.8) is 0 Å². The van der Waals surface area contributed by atoms with Crippen LogP contribution < -0.4 is 5.73 Å². The molecule has 0 bridgehead atoms. The molecule has 1 aromatic rings. The third-order valence-electron chi connectivity index (χ3n) is 2.70. The Balaban J connectivity index is 2.12. The first-order chi connectivity index (χ1) is 6.68. The monoisotopic (exact) mass is 197 g/mol. The van der Waals surface area contributed by atoms with Crippen LogP contribution in [0, 0.1) is 5.92 Å². The Labute approximate surface area is 81.9 Å². The van der Waals surface area contributed by atoms with Gasteiger partial charge in [0.15, 0.2) is 0 Å². The molecule has 1 atom stereocenters. The molecule has 0 heterocycles. The Hall–Kier alpha value is -0.960. The van der Waals surface area contributed by atoms with Crippen LogP contribution in [0.1, 0.15) is 36.4 Å². The second-order valence-electron chi connectivity index (χ2n) is 3.83. The zero-order valence-corrected chi connectivity index (χ0v) is 7.79. The lowest BCUT2D eigenvalue weighted by Crippen LogP contribution is -2.12. The average Bonchev–Trinajstić information content (AvgIpc) is 3.00. The standard InChI is InChI=1S/C11H13F2N/c12-11(13)9-5-3-8(4-6-9)10(14)7-1-2-7/h3-7,10-11H,1-2,14H2/t10-/m0/s1. The van der Waals surface area contributed by atoms with Gasteiger partial charge in [-0.2, -0.15) is 0 Å². The fraction of sp³-hybridized carbons (Fsp3) is 0.455. The van der Waals surface area contributed by atoms with Gasteiger partial charge < -0.3 is 5.73 Å². The van der Waals surface area contributed by atoms with Crippen molar-refractivity contribution in [1.82, 2.24) is 0 Å². The summed E-state index contributed by atoms with van der Waals surface area (Å²) in [4.78, 5) is 0. The summed E-state index contributed by atoms with van der Waals surface area (Å²) in [5, 5.41) is 0. The highest BCUT2D eigenvalue weighted by molar-refractivity contribution is 5.26.